The second-order valence-electron chi connectivity index (χ2n) is 6.37. The van der Waals surface area contributed by atoms with Crippen LogP contribution in [-0.2, 0) is 17.4 Å². The minimum absolute atomic E-state index is 0.0783. The molecule has 3 rings (SSSR count). The third-order valence-electron chi connectivity index (χ3n) is 4.60. The summed E-state index contributed by atoms with van der Waals surface area (Å²) < 4.78 is 37.7. The molecule has 1 aliphatic heterocycles. The van der Waals surface area contributed by atoms with Crippen molar-refractivity contribution in [3.8, 4) is 0 Å². The molecule has 1 fully saturated rings. The number of nitrogens with zero attached hydrogens (tertiary/aromatic N) is 3. The molecule has 26 heavy (non-hydrogen) atoms. The molecule has 1 saturated heterocycles. The molecule has 5 nitrogen and oxygen atoms in total. The molecule has 0 aliphatic carbocycles. The maximum atomic E-state index is 12.6. The normalized spacial score (nSPS) is 15.9. The zero-order chi connectivity index (χ0) is 18.7. The molecular formula is C18H19F3N4O. The number of piperidine rings is 1. The van der Waals surface area contributed by atoms with Gasteiger partial charge in [-0.2, -0.15) is 13.2 Å². The second-order valence-corrected chi connectivity index (χ2v) is 6.37. The first kappa shape index (κ1) is 18.2. The summed E-state index contributed by atoms with van der Waals surface area (Å²) in [4.78, 5) is 22.3. The van der Waals surface area contributed by atoms with Gasteiger partial charge in [0.2, 0.25) is 11.9 Å². The fourth-order valence-electron chi connectivity index (χ4n) is 3.14. The lowest BCUT2D eigenvalue weighted by atomic mass is 9.93. The van der Waals surface area contributed by atoms with Gasteiger partial charge in [0.05, 0.1) is 12.0 Å². The van der Waals surface area contributed by atoms with Crippen LogP contribution in [0, 0.1) is 0 Å². The van der Waals surface area contributed by atoms with Crippen LogP contribution >= 0.6 is 0 Å². The number of anilines is 1. The zero-order valence-electron chi connectivity index (χ0n) is 14.0. The van der Waals surface area contributed by atoms with Crippen LogP contribution in [-0.4, -0.2) is 33.9 Å². The van der Waals surface area contributed by atoms with E-state index in [4.69, 9.17) is 5.73 Å². The van der Waals surface area contributed by atoms with Gasteiger partial charge in [-0.1, -0.05) is 12.1 Å². The lowest BCUT2D eigenvalue weighted by molar-refractivity contribution is -0.137. The topological polar surface area (TPSA) is 72.1 Å². The van der Waals surface area contributed by atoms with Crippen molar-refractivity contribution in [2.75, 3.05) is 18.8 Å². The highest BCUT2D eigenvalue weighted by atomic mass is 19.4. The molecule has 2 aromatic rings. The molecule has 0 radical (unpaired) electrons. The Kier molecular flexibility index (Phi) is 5.11. The third-order valence-corrected chi connectivity index (χ3v) is 4.60. The van der Waals surface area contributed by atoms with Gasteiger partial charge in [-0.25, -0.2) is 9.97 Å². The Morgan fingerprint density at radius 2 is 1.81 bits per heavy atom. The quantitative estimate of drug-likeness (QED) is 0.909. The zero-order valence-corrected chi connectivity index (χ0v) is 14.0. The van der Waals surface area contributed by atoms with Crippen molar-refractivity contribution in [1.29, 1.82) is 0 Å². The number of likely N-dealkylation sites (tertiary alicyclic amines) is 1. The van der Waals surface area contributed by atoms with Gasteiger partial charge in [-0.05, 0) is 36.6 Å². The Bertz CT molecular complexity index is 769. The van der Waals surface area contributed by atoms with E-state index < -0.39 is 11.7 Å². The number of carbonyl (C=O) groups excluding carboxylic acids is 1. The van der Waals surface area contributed by atoms with Gasteiger partial charge in [-0.15, -0.1) is 0 Å². The van der Waals surface area contributed by atoms with Crippen LogP contribution in [0.4, 0.5) is 19.1 Å². The first-order valence-corrected chi connectivity index (χ1v) is 8.35. The Labute approximate surface area is 149 Å². The molecule has 1 aromatic heterocycles. The Hall–Kier alpha value is -2.64. The van der Waals surface area contributed by atoms with E-state index >= 15 is 0 Å². The van der Waals surface area contributed by atoms with E-state index in [1.54, 1.807) is 11.1 Å². The van der Waals surface area contributed by atoms with Gasteiger partial charge in [0.15, 0.2) is 0 Å². The Morgan fingerprint density at radius 3 is 2.38 bits per heavy atom. The van der Waals surface area contributed by atoms with E-state index in [0.717, 1.165) is 30.7 Å². The highest BCUT2D eigenvalue weighted by molar-refractivity contribution is 5.78. The lowest BCUT2D eigenvalue weighted by Gasteiger charge is -2.32. The first-order valence-electron chi connectivity index (χ1n) is 8.35. The minimum Gasteiger partial charge on any atom is -0.368 e. The number of carbonyl (C=O) groups is 1. The molecule has 1 aromatic carbocycles. The molecule has 2 heterocycles. The van der Waals surface area contributed by atoms with E-state index in [2.05, 4.69) is 9.97 Å². The number of hydrogen-bond acceptors (Lipinski definition) is 4. The van der Waals surface area contributed by atoms with Crippen LogP contribution in [0.3, 0.4) is 0 Å². The fourth-order valence-corrected chi connectivity index (χ4v) is 3.14. The smallest absolute Gasteiger partial charge is 0.368 e. The molecule has 2 N–H and O–H groups in total. The van der Waals surface area contributed by atoms with Gasteiger partial charge < -0.3 is 10.6 Å². The van der Waals surface area contributed by atoms with E-state index in [0.29, 0.717) is 18.7 Å². The van der Waals surface area contributed by atoms with Crippen molar-refractivity contribution >= 4 is 11.9 Å². The number of rotatable bonds is 3. The number of aromatic nitrogens is 2. The second kappa shape index (κ2) is 7.31. The molecule has 0 saturated carbocycles. The van der Waals surface area contributed by atoms with E-state index in [1.807, 2.05) is 6.07 Å². The number of benzene rings is 1. The van der Waals surface area contributed by atoms with Crippen molar-refractivity contribution in [3.05, 3.63) is 53.3 Å². The number of nitrogen functional groups attached to an aromatic ring is 1. The molecule has 0 atom stereocenters. The average molecular weight is 364 g/mol. The number of nitrogens with two attached hydrogens (primary N) is 1. The van der Waals surface area contributed by atoms with E-state index in [9.17, 15) is 18.0 Å². The van der Waals surface area contributed by atoms with Crippen molar-refractivity contribution in [3.63, 3.8) is 0 Å². The number of hydrogen-bond donors (Lipinski definition) is 1. The van der Waals surface area contributed by atoms with Crippen LogP contribution in [0.25, 0.3) is 0 Å². The summed E-state index contributed by atoms with van der Waals surface area (Å²) in [6, 6.07) is 6.57. The molecule has 0 unspecified atom stereocenters. The summed E-state index contributed by atoms with van der Waals surface area (Å²) in [5.74, 6) is 0.393. The molecule has 0 spiro atoms. The van der Waals surface area contributed by atoms with Crippen LogP contribution < -0.4 is 5.73 Å². The number of halogens is 3. The van der Waals surface area contributed by atoms with E-state index in [-0.39, 0.29) is 24.2 Å². The summed E-state index contributed by atoms with van der Waals surface area (Å²) in [5.41, 5.74) is 6.36. The van der Waals surface area contributed by atoms with Gasteiger partial charge in [0.25, 0.3) is 0 Å². The molecule has 138 valence electrons. The van der Waals surface area contributed by atoms with Crippen molar-refractivity contribution < 1.29 is 18.0 Å². The molecule has 8 heteroatoms. The van der Waals surface area contributed by atoms with Crippen molar-refractivity contribution in [1.82, 2.24) is 14.9 Å². The van der Waals surface area contributed by atoms with Crippen molar-refractivity contribution in [2.24, 2.45) is 0 Å². The molecular weight excluding hydrogens is 345 g/mol. The van der Waals surface area contributed by atoms with Gasteiger partial charge in [0.1, 0.15) is 0 Å². The number of alkyl halides is 3. The average Bonchev–Trinajstić information content (AvgIpc) is 2.61. The first-order chi connectivity index (χ1) is 12.3. The predicted octanol–water partition coefficient (Wildman–Crippen LogP) is 3.03. The number of amides is 1. The molecule has 1 aliphatic rings. The van der Waals surface area contributed by atoms with E-state index in [1.165, 1.54) is 12.1 Å². The summed E-state index contributed by atoms with van der Waals surface area (Å²) in [7, 11) is 0. The highest BCUT2D eigenvalue weighted by Gasteiger charge is 2.30. The van der Waals surface area contributed by atoms with Crippen LogP contribution in [0.5, 0.6) is 0 Å². The van der Waals surface area contributed by atoms with Gasteiger partial charge >= 0.3 is 6.18 Å². The van der Waals surface area contributed by atoms with Crippen LogP contribution in [0.2, 0.25) is 0 Å². The lowest BCUT2D eigenvalue weighted by Crippen LogP contribution is -2.39. The van der Waals surface area contributed by atoms with Crippen LogP contribution in [0.15, 0.2) is 36.5 Å². The summed E-state index contributed by atoms with van der Waals surface area (Å²) in [5, 5.41) is 0. The standard InChI is InChI=1S/C18H19F3N4O/c19-18(20,21)14-3-1-12(2-4-14)11-16(26)25-9-6-13(7-10-25)15-5-8-23-17(22)24-15/h1-5,8,13H,6-7,9-11H2,(H2,22,23,24). The van der Waals surface area contributed by atoms with Crippen LogP contribution in [0.1, 0.15) is 35.6 Å². The highest BCUT2D eigenvalue weighted by Crippen LogP contribution is 2.30. The fraction of sp³-hybridized carbons (Fsp3) is 0.389. The molecule has 1 amide bonds. The van der Waals surface area contributed by atoms with Gasteiger partial charge in [-0.3, -0.25) is 4.79 Å². The largest absolute Gasteiger partial charge is 0.416 e. The summed E-state index contributed by atoms with van der Waals surface area (Å²) >= 11 is 0. The minimum atomic E-state index is -4.37. The maximum absolute atomic E-state index is 12.6. The SMILES string of the molecule is Nc1nccc(C2CCN(C(=O)Cc3ccc(C(F)(F)F)cc3)CC2)n1. The van der Waals surface area contributed by atoms with Crippen molar-refractivity contribution in [2.45, 2.75) is 31.4 Å². The Morgan fingerprint density at radius 1 is 1.15 bits per heavy atom. The third kappa shape index (κ3) is 4.30. The predicted molar refractivity (Wildman–Crippen MR) is 90.1 cm³/mol. The van der Waals surface area contributed by atoms with Gasteiger partial charge in [0, 0.05) is 30.9 Å². The molecule has 0 bridgehead atoms. The Balaban J connectivity index is 1.55. The maximum Gasteiger partial charge on any atom is 0.416 e. The summed E-state index contributed by atoms with van der Waals surface area (Å²) in [6.45, 7) is 1.18. The monoisotopic (exact) mass is 364 g/mol. The summed E-state index contributed by atoms with van der Waals surface area (Å²) in [6.07, 6.45) is -1.09.